The summed E-state index contributed by atoms with van der Waals surface area (Å²) in [7, 11) is 1.62. The van der Waals surface area contributed by atoms with Gasteiger partial charge >= 0.3 is 0 Å². The monoisotopic (exact) mass is 226 g/mol. The van der Waals surface area contributed by atoms with Gasteiger partial charge in [-0.05, 0) is 30.5 Å². The number of hydrogen-bond acceptors (Lipinski definition) is 2. The second-order valence-corrected chi connectivity index (χ2v) is 4.00. The molecular weight excluding hydrogens is 212 g/mol. The van der Waals surface area contributed by atoms with Crippen LogP contribution in [0.1, 0.15) is 30.4 Å². The van der Waals surface area contributed by atoms with Crippen LogP contribution in [0.25, 0.3) is 0 Å². The Morgan fingerprint density at radius 2 is 2.20 bits per heavy atom. The quantitative estimate of drug-likeness (QED) is 0.736. The molecule has 0 amide bonds. The van der Waals surface area contributed by atoms with E-state index in [1.807, 2.05) is 26.0 Å². The third-order valence-electron chi connectivity index (χ3n) is 2.57. The number of carbonyl (C=O) groups is 1. The van der Waals surface area contributed by atoms with Crippen molar-refractivity contribution in [1.82, 2.24) is 0 Å². The second-order valence-electron chi connectivity index (χ2n) is 3.59. The summed E-state index contributed by atoms with van der Waals surface area (Å²) in [6.45, 7) is 3.94. The van der Waals surface area contributed by atoms with Gasteiger partial charge in [0.2, 0.25) is 0 Å². The lowest BCUT2D eigenvalue weighted by Gasteiger charge is -2.17. The van der Waals surface area contributed by atoms with E-state index in [1.165, 1.54) is 0 Å². The summed E-state index contributed by atoms with van der Waals surface area (Å²) in [5, 5.41) is 0.712. The minimum Gasteiger partial charge on any atom is -0.496 e. The van der Waals surface area contributed by atoms with Crippen molar-refractivity contribution in [2.75, 3.05) is 7.11 Å². The molecule has 0 heterocycles. The zero-order chi connectivity index (χ0) is 11.4. The van der Waals surface area contributed by atoms with Crippen molar-refractivity contribution in [3.8, 4) is 5.75 Å². The molecular formula is C12H15ClO2. The number of ether oxygens (including phenoxy) is 1. The van der Waals surface area contributed by atoms with Crippen molar-refractivity contribution in [2.45, 2.75) is 26.2 Å². The zero-order valence-electron chi connectivity index (χ0n) is 9.21. The maximum atomic E-state index is 10.5. The number of benzene rings is 1. The Labute approximate surface area is 95.2 Å². The minimum atomic E-state index is 0.135. The van der Waals surface area contributed by atoms with Gasteiger partial charge in [-0.2, -0.15) is 0 Å². The summed E-state index contributed by atoms with van der Waals surface area (Å²) in [5.74, 6) is 0.933. The van der Waals surface area contributed by atoms with Gasteiger partial charge in [0.1, 0.15) is 12.0 Å². The van der Waals surface area contributed by atoms with Crippen molar-refractivity contribution < 1.29 is 9.53 Å². The van der Waals surface area contributed by atoms with E-state index in [0.717, 1.165) is 23.2 Å². The van der Waals surface area contributed by atoms with Gasteiger partial charge in [-0.3, -0.25) is 0 Å². The van der Waals surface area contributed by atoms with Gasteiger partial charge in [0.25, 0.3) is 0 Å². The Balaban J connectivity index is 3.22. The molecule has 0 spiro atoms. The molecule has 0 aliphatic carbocycles. The van der Waals surface area contributed by atoms with Crippen LogP contribution in [0.4, 0.5) is 0 Å². The first kappa shape index (κ1) is 12.1. The number of methoxy groups -OCH3 is 1. The summed E-state index contributed by atoms with van der Waals surface area (Å²) in [4.78, 5) is 10.5. The molecule has 1 rings (SSSR count). The van der Waals surface area contributed by atoms with Gasteiger partial charge in [0.15, 0.2) is 0 Å². The van der Waals surface area contributed by atoms with Gasteiger partial charge in [0, 0.05) is 17.0 Å². The Morgan fingerprint density at radius 3 is 2.73 bits per heavy atom. The van der Waals surface area contributed by atoms with Crippen molar-refractivity contribution in [3.63, 3.8) is 0 Å². The number of carbonyl (C=O) groups excluding carboxylic acids is 1. The van der Waals surface area contributed by atoms with E-state index in [0.29, 0.717) is 11.4 Å². The summed E-state index contributed by atoms with van der Waals surface area (Å²) in [6, 6.07) is 3.65. The van der Waals surface area contributed by atoms with Gasteiger partial charge < -0.3 is 9.53 Å². The molecule has 0 aliphatic rings. The second kappa shape index (κ2) is 5.17. The van der Waals surface area contributed by atoms with Crippen LogP contribution in [-0.4, -0.2) is 13.4 Å². The molecule has 0 saturated carbocycles. The molecule has 0 aliphatic heterocycles. The lowest BCUT2D eigenvalue weighted by atomic mass is 9.93. The van der Waals surface area contributed by atoms with Crippen LogP contribution in [0, 0.1) is 6.92 Å². The van der Waals surface area contributed by atoms with E-state index in [1.54, 1.807) is 7.11 Å². The van der Waals surface area contributed by atoms with E-state index in [2.05, 4.69) is 0 Å². The SMILES string of the molecule is COc1ccc(Cl)c(C)c1C(C)CC=O. The molecule has 0 fully saturated rings. The molecule has 0 radical (unpaired) electrons. The minimum absolute atomic E-state index is 0.135. The summed E-state index contributed by atoms with van der Waals surface area (Å²) in [6.07, 6.45) is 1.40. The zero-order valence-corrected chi connectivity index (χ0v) is 9.97. The van der Waals surface area contributed by atoms with Gasteiger partial charge in [-0.1, -0.05) is 18.5 Å². The average molecular weight is 227 g/mol. The Morgan fingerprint density at radius 1 is 1.53 bits per heavy atom. The molecule has 0 saturated heterocycles. The fourth-order valence-corrected chi connectivity index (χ4v) is 1.89. The van der Waals surface area contributed by atoms with Crippen LogP contribution in [0.2, 0.25) is 5.02 Å². The summed E-state index contributed by atoms with van der Waals surface area (Å²) in [5.41, 5.74) is 2.02. The van der Waals surface area contributed by atoms with Crippen molar-refractivity contribution in [3.05, 3.63) is 28.3 Å². The van der Waals surface area contributed by atoms with E-state index < -0.39 is 0 Å². The van der Waals surface area contributed by atoms with Gasteiger partial charge in [-0.15, -0.1) is 0 Å². The molecule has 2 nitrogen and oxygen atoms in total. The number of aldehydes is 1. The van der Waals surface area contributed by atoms with E-state index in [9.17, 15) is 4.79 Å². The predicted molar refractivity (Wildman–Crippen MR) is 61.8 cm³/mol. The highest BCUT2D eigenvalue weighted by Gasteiger charge is 2.15. The lowest BCUT2D eigenvalue weighted by molar-refractivity contribution is -0.108. The van der Waals surface area contributed by atoms with Crippen LogP contribution >= 0.6 is 11.6 Å². The van der Waals surface area contributed by atoms with Crippen molar-refractivity contribution >= 4 is 17.9 Å². The van der Waals surface area contributed by atoms with Crippen molar-refractivity contribution in [1.29, 1.82) is 0 Å². The maximum Gasteiger partial charge on any atom is 0.122 e. The molecule has 15 heavy (non-hydrogen) atoms. The highest BCUT2D eigenvalue weighted by molar-refractivity contribution is 6.31. The summed E-state index contributed by atoms with van der Waals surface area (Å²) < 4.78 is 5.27. The molecule has 1 atom stereocenters. The van der Waals surface area contributed by atoms with Crippen molar-refractivity contribution in [2.24, 2.45) is 0 Å². The van der Waals surface area contributed by atoms with Crippen LogP contribution in [0.15, 0.2) is 12.1 Å². The first-order valence-corrected chi connectivity index (χ1v) is 5.26. The molecule has 3 heteroatoms. The Kier molecular flexibility index (Phi) is 4.15. The third kappa shape index (κ3) is 2.51. The third-order valence-corrected chi connectivity index (χ3v) is 2.98. The van der Waals surface area contributed by atoms with Crippen LogP contribution < -0.4 is 4.74 Å². The smallest absolute Gasteiger partial charge is 0.122 e. The van der Waals surface area contributed by atoms with Crippen LogP contribution in [-0.2, 0) is 4.79 Å². The molecule has 1 aromatic rings. The normalized spacial score (nSPS) is 12.3. The molecule has 0 N–H and O–H groups in total. The maximum absolute atomic E-state index is 10.5. The van der Waals surface area contributed by atoms with Crippen LogP contribution in [0.5, 0.6) is 5.75 Å². The molecule has 0 aromatic heterocycles. The first-order chi connectivity index (χ1) is 7.11. The standard InChI is InChI=1S/C12H15ClO2/c1-8(6-7-14)12-9(2)10(13)4-5-11(12)15-3/h4-5,7-8H,6H2,1-3H3. The lowest BCUT2D eigenvalue weighted by Crippen LogP contribution is -2.01. The first-order valence-electron chi connectivity index (χ1n) is 4.88. The predicted octanol–water partition coefficient (Wildman–Crippen LogP) is 3.35. The molecule has 82 valence electrons. The van der Waals surface area contributed by atoms with Gasteiger partial charge in [-0.25, -0.2) is 0 Å². The number of rotatable bonds is 4. The summed E-state index contributed by atoms with van der Waals surface area (Å²) >= 11 is 6.04. The highest BCUT2D eigenvalue weighted by atomic mass is 35.5. The largest absolute Gasteiger partial charge is 0.496 e. The van der Waals surface area contributed by atoms with E-state index >= 15 is 0 Å². The molecule has 1 unspecified atom stereocenters. The van der Waals surface area contributed by atoms with E-state index in [4.69, 9.17) is 16.3 Å². The fourth-order valence-electron chi connectivity index (χ4n) is 1.73. The molecule has 1 aromatic carbocycles. The fraction of sp³-hybridized carbons (Fsp3) is 0.417. The van der Waals surface area contributed by atoms with Crippen LogP contribution in [0.3, 0.4) is 0 Å². The average Bonchev–Trinajstić information content (AvgIpc) is 2.22. The number of halogens is 1. The number of hydrogen-bond donors (Lipinski definition) is 0. The topological polar surface area (TPSA) is 26.3 Å². The molecule has 0 bridgehead atoms. The Hall–Kier alpha value is -1.02. The Bertz CT molecular complexity index is 361. The van der Waals surface area contributed by atoms with E-state index in [-0.39, 0.29) is 5.92 Å². The van der Waals surface area contributed by atoms with Gasteiger partial charge in [0.05, 0.1) is 7.11 Å². The highest BCUT2D eigenvalue weighted by Crippen LogP contribution is 2.34.